The molecule has 0 spiro atoms. The summed E-state index contributed by atoms with van der Waals surface area (Å²) < 4.78 is 39.6. The van der Waals surface area contributed by atoms with Gasteiger partial charge >= 0.3 is 6.18 Å². The van der Waals surface area contributed by atoms with Crippen molar-refractivity contribution in [3.05, 3.63) is 51.9 Å². The summed E-state index contributed by atoms with van der Waals surface area (Å²) in [4.78, 5) is 16.0. The summed E-state index contributed by atoms with van der Waals surface area (Å²) in [6.07, 6.45) is -0.695. The van der Waals surface area contributed by atoms with Crippen molar-refractivity contribution in [1.29, 1.82) is 0 Å². The summed E-state index contributed by atoms with van der Waals surface area (Å²) >= 11 is 1.46. The first-order valence-electron chi connectivity index (χ1n) is 7.12. The molecule has 1 amide bonds. The molecule has 3 heterocycles. The Labute approximate surface area is 144 Å². The third-order valence-corrected chi connectivity index (χ3v) is 4.05. The largest absolute Gasteiger partial charge is 0.417 e. The van der Waals surface area contributed by atoms with Crippen LogP contribution in [0.3, 0.4) is 0 Å². The molecule has 0 aromatic carbocycles. The smallest absolute Gasteiger partial charge is 0.345 e. The highest BCUT2D eigenvalue weighted by Crippen LogP contribution is 2.29. The van der Waals surface area contributed by atoms with Gasteiger partial charge < -0.3 is 5.32 Å². The highest BCUT2D eigenvalue weighted by Gasteiger charge is 2.31. The lowest BCUT2D eigenvalue weighted by Crippen LogP contribution is -2.21. The molecular formula is C15H12F3N5OS. The Kier molecular flexibility index (Phi) is 4.53. The number of nitrogens with zero attached hydrogens (tertiary/aromatic N) is 4. The van der Waals surface area contributed by atoms with Gasteiger partial charge in [-0.15, -0.1) is 21.5 Å². The molecule has 3 rings (SSSR count). The van der Waals surface area contributed by atoms with E-state index in [4.69, 9.17) is 0 Å². The molecule has 0 radical (unpaired) electrons. The summed E-state index contributed by atoms with van der Waals surface area (Å²) in [6, 6.07) is 2.16. The fourth-order valence-electron chi connectivity index (χ4n) is 2.07. The number of hydrogen-bond donors (Lipinski definition) is 1. The molecule has 1 N–H and O–H groups in total. The maximum Gasteiger partial charge on any atom is 0.417 e. The van der Waals surface area contributed by atoms with E-state index in [2.05, 4.69) is 20.5 Å². The monoisotopic (exact) mass is 367 g/mol. The van der Waals surface area contributed by atoms with Crippen molar-refractivity contribution in [2.45, 2.75) is 19.6 Å². The minimum absolute atomic E-state index is 0.0538. The van der Waals surface area contributed by atoms with E-state index in [1.165, 1.54) is 27.9 Å². The number of halogens is 3. The molecule has 6 nitrogen and oxygen atoms in total. The quantitative estimate of drug-likeness (QED) is 0.720. The van der Waals surface area contributed by atoms with Crippen LogP contribution in [0.2, 0.25) is 0 Å². The average molecular weight is 367 g/mol. The van der Waals surface area contributed by atoms with Crippen molar-refractivity contribution in [2.75, 3.05) is 0 Å². The Balaban J connectivity index is 1.70. The second kappa shape index (κ2) is 6.63. The fourth-order valence-corrected chi connectivity index (χ4v) is 2.65. The molecule has 10 heteroatoms. The summed E-state index contributed by atoms with van der Waals surface area (Å²) in [6.45, 7) is 1.80. The number of thiazole rings is 1. The zero-order valence-electron chi connectivity index (χ0n) is 12.9. The number of carbonyl (C=O) groups is 1. The lowest BCUT2D eigenvalue weighted by molar-refractivity contribution is -0.137. The topological polar surface area (TPSA) is 72.2 Å². The van der Waals surface area contributed by atoms with Crippen LogP contribution in [-0.2, 0) is 17.5 Å². The van der Waals surface area contributed by atoms with Crippen molar-refractivity contribution in [3.63, 3.8) is 0 Å². The van der Waals surface area contributed by atoms with E-state index in [1.54, 1.807) is 6.08 Å². The van der Waals surface area contributed by atoms with Gasteiger partial charge in [0.2, 0.25) is 5.91 Å². The van der Waals surface area contributed by atoms with Gasteiger partial charge in [-0.25, -0.2) is 4.98 Å². The molecule has 0 bridgehead atoms. The molecule has 130 valence electrons. The second-order valence-corrected chi connectivity index (χ2v) is 6.16. The van der Waals surface area contributed by atoms with E-state index in [0.717, 1.165) is 17.3 Å². The maximum absolute atomic E-state index is 12.8. The van der Waals surface area contributed by atoms with Gasteiger partial charge in [0.05, 0.1) is 22.8 Å². The van der Waals surface area contributed by atoms with Gasteiger partial charge in [-0.05, 0) is 25.1 Å². The van der Waals surface area contributed by atoms with Crippen molar-refractivity contribution >= 4 is 29.0 Å². The lowest BCUT2D eigenvalue weighted by Gasteiger charge is -2.07. The van der Waals surface area contributed by atoms with Crippen LogP contribution >= 0.6 is 11.3 Å². The summed E-state index contributed by atoms with van der Waals surface area (Å²) in [5, 5.41) is 12.8. The molecule has 0 aliphatic rings. The van der Waals surface area contributed by atoms with Crippen LogP contribution in [0.4, 0.5) is 13.2 Å². The van der Waals surface area contributed by atoms with Crippen LogP contribution in [0, 0.1) is 6.92 Å². The van der Waals surface area contributed by atoms with Crippen LogP contribution in [0.15, 0.2) is 29.8 Å². The number of rotatable bonds is 4. The highest BCUT2D eigenvalue weighted by molar-refractivity contribution is 7.09. The Hall–Kier alpha value is -2.75. The van der Waals surface area contributed by atoms with Crippen LogP contribution in [0.25, 0.3) is 11.7 Å². The van der Waals surface area contributed by atoms with Crippen molar-refractivity contribution in [3.8, 4) is 0 Å². The number of hydrogen-bond acceptors (Lipinski definition) is 5. The molecule has 0 saturated heterocycles. The molecule has 0 unspecified atom stereocenters. The van der Waals surface area contributed by atoms with Gasteiger partial charge in [0.25, 0.3) is 0 Å². The Bertz CT molecular complexity index is 944. The molecule has 0 aliphatic carbocycles. The zero-order valence-corrected chi connectivity index (χ0v) is 13.7. The average Bonchev–Trinajstić information content (AvgIpc) is 3.15. The first-order chi connectivity index (χ1) is 11.8. The van der Waals surface area contributed by atoms with E-state index in [1.807, 2.05) is 12.3 Å². The zero-order chi connectivity index (χ0) is 18.0. The van der Waals surface area contributed by atoms with Crippen molar-refractivity contribution in [1.82, 2.24) is 24.9 Å². The Morgan fingerprint density at radius 3 is 2.84 bits per heavy atom. The molecule has 3 aromatic heterocycles. The predicted molar refractivity (Wildman–Crippen MR) is 85.7 cm³/mol. The molecular weight excluding hydrogens is 355 g/mol. The number of aryl methyl sites for hydroxylation is 1. The SMILES string of the molecule is Cc1nc(/C=C/C(=O)NCc2nnc3ccc(C(F)(F)F)cn23)cs1. The third kappa shape index (κ3) is 4.02. The Morgan fingerprint density at radius 1 is 1.36 bits per heavy atom. The van der Waals surface area contributed by atoms with Crippen LogP contribution < -0.4 is 5.32 Å². The van der Waals surface area contributed by atoms with Crippen LogP contribution in [0.5, 0.6) is 0 Å². The number of nitrogens with one attached hydrogen (secondary N) is 1. The number of pyridine rings is 1. The Morgan fingerprint density at radius 2 is 2.16 bits per heavy atom. The minimum Gasteiger partial charge on any atom is -0.345 e. The third-order valence-electron chi connectivity index (χ3n) is 3.26. The normalized spacial score (nSPS) is 12.2. The summed E-state index contributed by atoms with van der Waals surface area (Å²) in [7, 11) is 0. The van der Waals surface area contributed by atoms with E-state index < -0.39 is 17.6 Å². The molecule has 0 atom stereocenters. The number of alkyl halides is 3. The van der Waals surface area contributed by atoms with Crippen LogP contribution in [0.1, 0.15) is 22.1 Å². The van der Waals surface area contributed by atoms with Gasteiger partial charge in [0.1, 0.15) is 0 Å². The van der Waals surface area contributed by atoms with Gasteiger partial charge in [-0.3, -0.25) is 9.20 Å². The molecule has 25 heavy (non-hydrogen) atoms. The van der Waals surface area contributed by atoms with E-state index in [9.17, 15) is 18.0 Å². The standard InChI is InChI=1S/C15H12F3N5OS/c1-9-20-11(8-25-9)3-5-14(24)19-6-13-22-21-12-4-2-10(7-23(12)13)15(16,17)18/h2-5,7-8H,6H2,1H3,(H,19,24)/b5-3+. The maximum atomic E-state index is 12.8. The van der Waals surface area contributed by atoms with Gasteiger partial charge in [0.15, 0.2) is 11.5 Å². The van der Waals surface area contributed by atoms with Gasteiger partial charge in [0, 0.05) is 17.7 Å². The van der Waals surface area contributed by atoms with E-state index in [-0.39, 0.29) is 18.0 Å². The summed E-state index contributed by atoms with van der Waals surface area (Å²) in [5.74, 6) is -0.207. The van der Waals surface area contributed by atoms with E-state index >= 15 is 0 Å². The first-order valence-corrected chi connectivity index (χ1v) is 8.00. The molecule has 0 saturated carbocycles. The predicted octanol–water partition coefficient (Wildman–Crippen LogP) is 2.84. The second-order valence-electron chi connectivity index (χ2n) is 5.10. The number of amides is 1. The van der Waals surface area contributed by atoms with Gasteiger partial charge in [-0.1, -0.05) is 0 Å². The molecule has 3 aromatic rings. The van der Waals surface area contributed by atoms with Crippen LogP contribution in [-0.4, -0.2) is 25.5 Å². The molecule has 0 fully saturated rings. The van der Waals surface area contributed by atoms with Gasteiger partial charge in [-0.2, -0.15) is 13.2 Å². The number of carbonyl (C=O) groups excluding carboxylic acids is 1. The first kappa shape index (κ1) is 17.1. The number of aromatic nitrogens is 4. The summed E-state index contributed by atoms with van der Waals surface area (Å²) in [5.41, 5.74) is 0.123. The van der Waals surface area contributed by atoms with Crippen molar-refractivity contribution < 1.29 is 18.0 Å². The molecule has 0 aliphatic heterocycles. The van der Waals surface area contributed by atoms with E-state index in [0.29, 0.717) is 5.69 Å². The number of fused-ring (bicyclic) bond motifs is 1. The minimum atomic E-state index is -4.46. The lowest BCUT2D eigenvalue weighted by atomic mass is 10.3. The highest BCUT2D eigenvalue weighted by atomic mass is 32.1. The fraction of sp³-hybridized carbons (Fsp3) is 0.200. The van der Waals surface area contributed by atoms with Crippen molar-refractivity contribution in [2.24, 2.45) is 0 Å².